The van der Waals surface area contributed by atoms with E-state index in [-0.39, 0.29) is 18.1 Å². The number of hydrogen-bond acceptors (Lipinski definition) is 4. The molecule has 3 atom stereocenters. The van der Waals surface area contributed by atoms with Gasteiger partial charge in [0.1, 0.15) is 5.54 Å². The standard InChI is InChI=1S/C15H29N3O2/c1-10(2)17-15(14(16)19,12-5-6-12)9-18(4)13-7-8-20-11(13)3/h10-13,17H,5-9H2,1-4H3,(H2,16,19). The Labute approximate surface area is 122 Å². The summed E-state index contributed by atoms with van der Waals surface area (Å²) in [6.07, 6.45) is 3.43. The predicted molar refractivity (Wildman–Crippen MR) is 79.4 cm³/mol. The Morgan fingerprint density at radius 2 is 2.10 bits per heavy atom. The molecule has 2 fully saturated rings. The summed E-state index contributed by atoms with van der Waals surface area (Å²) in [6.45, 7) is 7.72. The summed E-state index contributed by atoms with van der Waals surface area (Å²) < 4.78 is 5.64. The van der Waals surface area contributed by atoms with Gasteiger partial charge >= 0.3 is 0 Å². The van der Waals surface area contributed by atoms with Crippen LogP contribution in [0.1, 0.15) is 40.0 Å². The first-order chi connectivity index (χ1) is 9.36. The van der Waals surface area contributed by atoms with E-state index in [0.717, 1.165) is 25.9 Å². The van der Waals surface area contributed by atoms with Crippen molar-refractivity contribution in [3.63, 3.8) is 0 Å². The van der Waals surface area contributed by atoms with Crippen LogP contribution in [0, 0.1) is 5.92 Å². The minimum absolute atomic E-state index is 0.216. The van der Waals surface area contributed by atoms with E-state index in [1.807, 2.05) is 0 Å². The molecule has 0 bridgehead atoms. The second kappa shape index (κ2) is 6.00. The number of amides is 1. The highest BCUT2D eigenvalue weighted by atomic mass is 16.5. The van der Waals surface area contributed by atoms with Gasteiger partial charge in [-0.25, -0.2) is 0 Å². The average Bonchev–Trinajstić information content (AvgIpc) is 3.10. The molecule has 2 aliphatic rings. The molecule has 0 aromatic rings. The van der Waals surface area contributed by atoms with E-state index in [0.29, 0.717) is 18.5 Å². The van der Waals surface area contributed by atoms with Crippen molar-refractivity contribution in [1.82, 2.24) is 10.2 Å². The molecule has 5 heteroatoms. The van der Waals surface area contributed by atoms with Crippen LogP contribution >= 0.6 is 0 Å². The van der Waals surface area contributed by atoms with Crippen molar-refractivity contribution < 1.29 is 9.53 Å². The molecular formula is C15H29N3O2. The zero-order valence-corrected chi connectivity index (χ0v) is 13.2. The summed E-state index contributed by atoms with van der Waals surface area (Å²) in [5, 5.41) is 3.47. The van der Waals surface area contributed by atoms with Crippen molar-refractivity contribution in [2.45, 2.75) is 63.8 Å². The lowest BCUT2D eigenvalue weighted by Crippen LogP contribution is -2.65. The topological polar surface area (TPSA) is 67.6 Å². The van der Waals surface area contributed by atoms with Gasteiger partial charge in [0, 0.05) is 25.2 Å². The van der Waals surface area contributed by atoms with Crippen LogP contribution in [0.2, 0.25) is 0 Å². The molecule has 116 valence electrons. The molecule has 0 radical (unpaired) electrons. The molecule has 1 aliphatic carbocycles. The van der Waals surface area contributed by atoms with Gasteiger partial charge in [-0.15, -0.1) is 0 Å². The maximum absolute atomic E-state index is 12.2. The number of carbonyl (C=O) groups is 1. The Bertz CT molecular complexity index is 357. The minimum Gasteiger partial charge on any atom is -0.377 e. The summed E-state index contributed by atoms with van der Waals surface area (Å²) in [5.74, 6) is 0.162. The first-order valence-corrected chi connectivity index (χ1v) is 7.76. The lowest BCUT2D eigenvalue weighted by atomic mass is 9.89. The Morgan fingerprint density at radius 1 is 1.45 bits per heavy atom. The number of hydrogen-bond donors (Lipinski definition) is 2. The molecule has 0 aromatic heterocycles. The van der Waals surface area contributed by atoms with Gasteiger partial charge in [0.05, 0.1) is 6.10 Å². The smallest absolute Gasteiger partial charge is 0.239 e. The van der Waals surface area contributed by atoms with Crippen LogP contribution in [0.15, 0.2) is 0 Å². The highest BCUT2D eigenvalue weighted by Crippen LogP contribution is 2.41. The van der Waals surface area contributed by atoms with Crippen LogP contribution < -0.4 is 11.1 Å². The quantitative estimate of drug-likeness (QED) is 0.723. The van der Waals surface area contributed by atoms with Crippen molar-refractivity contribution in [2.24, 2.45) is 11.7 Å². The largest absolute Gasteiger partial charge is 0.377 e. The molecule has 3 unspecified atom stereocenters. The van der Waals surface area contributed by atoms with Gasteiger partial charge in [-0.2, -0.15) is 0 Å². The summed E-state index contributed by atoms with van der Waals surface area (Å²) in [4.78, 5) is 14.4. The fourth-order valence-corrected chi connectivity index (χ4v) is 3.54. The molecule has 5 nitrogen and oxygen atoms in total. The summed E-state index contributed by atoms with van der Waals surface area (Å²) in [7, 11) is 2.08. The maximum Gasteiger partial charge on any atom is 0.239 e. The Balaban J connectivity index is 2.12. The fourth-order valence-electron chi connectivity index (χ4n) is 3.54. The lowest BCUT2D eigenvalue weighted by molar-refractivity contribution is -0.127. The van der Waals surface area contributed by atoms with Crippen molar-refractivity contribution in [3.05, 3.63) is 0 Å². The Hall–Kier alpha value is -0.650. The predicted octanol–water partition coefficient (Wildman–Crippen LogP) is 0.728. The highest BCUT2D eigenvalue weighted by Gasteiger charge is 2.51. The number of rotatable bonds is 7. The number of primary amides is 1. The van der Waals surface area contributed by atoms with Gasteiger partial charge in [0.25, 0.3) is 0 Å². The first kappa shape index (κ1) is 15.7. The van der Waals surface area contributed by atoms with Crippen molar-refractivity contribution in [1.29, 1.82) is 0 Å². The molecule has 1 saturated carbocycles. The molecule has 3 N–H and O–H groups in total. The second-order valence-electron chi connectivity index (χ2n) is 6.76. The van der Waals surface area contributed by atoms with Gasteiger partial charge in [-0.3, -0.25) is 15.0 Å². The van der Waals surface area contributed by atoms with Gasteiger partial charge in [0.15, 0.2) is 0 Å². The molecule has 0 aromatic carbocycles. The van der Waals surface area contributed by atoms with Crippen LogP contribution in [0.3, 0.4) is 0 Å². The van der Waals surface area contributed by atoms with Crippen LogP contribution in [0.5, 0.6) is 0 Å². The van der Waals surface area contributed by atoms with Crippen LogP contribution in [-0.4, -0.2) is 54.7 Å². The second-order valence-corrected chi connectivity index (χ2v) is 6.76. The number of likely N-dealkylation sites (N-methyl/N-ethyl adjacent to an activating group) is 1. The van der Waals surface area contributed by atoms with Gasteiger partial charge in [-0.1, -0.05) is 0 Å². The average molecular weight is 283 g/mol. The van der Waals surface area contributed by atoms with E-state index in [9.17, 15) is 4.79 Å². The number of carbonyl (C=O) groups excluding carboxylic acids is 1. The van der Waals surface area contributed by atoms with E-state index >= 15 is 0 Å². The highest BCUT2D eigenvalue weighted by molar-refractivity contribution is 5.86. The monoisotopic (exact) mass is 283 g/mol. The van der Waals surface area contributed by atoms with E-state index in [4.69, 9.17) is 10.5 Å². The first-order valence-electron chi connectivity index (χ1n) is 7.76. The molecule has 1 heterocycles. The molecule has 1 amide bonds. The summed E-state index contributed by atoms with van der Waals surface area (Å²) in [5.41, 5.74) is 5.19. The fraction of sp³-hybridized carbons (Fsp3) is 0.933. The third-order valence-electron chi connectivity index (χ3n) is 4.66. The summed E-state index contributed by atoms with van der Waals surface area (Å²) in [6, 6.07) is 0.621. The number of ether oxygens (including phenoxy) is 1. The summed E-state index contributed by atoms with van der Waals surface area (Å²) >= 11 is 0. The molecule has 2 rings (SSSR count). The number of nitrogens with one attached hydrogen (secondary N) is 1. The lowest BCUT2D eigenvalue weighted by Gasteiger charge is -2.39. The van der Waals surface area contributed by atoms with Crippen molar-refractivity contribution in [2.75, 3.05) is 20.2 Å². The zero-order valence-electron chi connectivity index (χ0n) is 13.2. The normalized spacial score (nSPS) is 29.9. The van der Waals surface area contributed by atoms with Crippen molar-refractivity contribution >= 4 is 5.91 Å². The van der Waals surface area contributed by atoms with Crippen LogP contribution in [-0.2, 0) is 9.53 Å². The third kappa shape index (κ3) is 3.15. The Morgan fingerprint density at radius 3 is 2.50 bits per heavy atom. The number of nitrogens with zero attached hydrogens (tertiary/aromatic N) is 1. The van der Waals surface area contributed by atoms with E-state index in [1.165, 1.54) is 0 Å². The van der Waals surface area contributed by atoms with Crippen molar-refractivity contribution in [3.8, 4) is 0 Å². The molecule has 20 heavy (non-hydrogen) atoms. The molecule has 1 aliphatic heterocycles. The third-order valence-corrected chi connectivity index (χ3v) is 4.66. The molecule has 0 spiro atoms. The van der Waals surface area contributed by atoms with Gasteiger partial charge < -0.3 is 10.5 Å². The number of nitrogens with two attached hydrogens (primary N) is 1. The van der Waals surface area contributed by atoms with Gasteiger partial charge in [0.2, 0.25) is 5.91 Å². The van der Waals surface area contributed by atoms with E-state index < -0.39 is 5.54 Å². The zero-order chi connectivity index (χ0) is 14.9. The minimum atomic E-state index is -0.592. The van der Waals surface area contributed by atoms with Gasteiger partial charge in [-0.05, 0) is 53.0 Å². The van der Waals surface area contributed by atoms with E-state index in [1.54, 1.807) is 0 Å². The molecule has 1 saturated heterocycles. The SMILES string of the molecule is CC(C)NC(CN(C)C1CCOC1C)(C(N)=O)C1CC1. The maximum atomic E-state index is 12.2. The van der Waals surface area contributed by atoms with E-state index in [2.05, 4.69) is 38.0 Å². The van der Waals surface area contributed by atoms with Crippen LogP contribution in [0.4, 0.5) is 0 Å². The van der Waals surface area contributed by atoms with Crippen LogP contribution in [0.25, 0.3) is 0 Å². The molecular weight excluding hydrogens is 254 g/mol. The Kier molecular flexibility index (Phi) is 4.72.